The van der Waals surface area contributed by atoms with Crippen LogP contribution < -0.4 is 10.1 Å². The summed E-state index contributed by atoms with van der Waals surface area (Å²) in [6.45, 7) is 7.25. The molecule has 0 saturated heterocycles. The minimum absolute atomic E-state index is 0.0366. The van der Waals surface area contributed by atoms with E-state index in [9.17, 15) is 9.18 Å². The molecule has 0 fully saturated rings. The third kappa shape index (κ3) is 5.06. The Morgan fingerprint density at radius 3 is 2.67 bits per heavy atom. The molecule has 1 rings (SSSR count). The summed E-state index contributed by atoms with van der Waals surface area (Å²) < 4.78 is 18.6. The first-order valence-corrected chi connectivity index (χ1v) is 6.76. The number of oxime groups is 1. The lowest BCUT2D eigenvalue weighted by atomic mass is 10.1. The Kier molecular flexibility index (Phi) is 6.14. The summed E-state index contributed by atoms with van der Waals surface area (Å²) in [6, 6.07) is 3.85. The first-order chi connectivity index (χ1) is 9.85. The van der Waals surface area contributed by atoms with Crippen molar-refractivity contribution in [1.29, 1.82) is 0 Å². The molecule has 0 aliphatic carbocycles. The van der Waals surface area contributed by atoms with Gasteiger partial charge in [0.05, 0.1) is 5.71 Å². The van der Waals surface area contributed by atoms with Crippen molar-refractivity contribution in [3.63, 3.8) is 0 Å². The molecule has 1 unspecified atom stereocenters. The molecule has 6 heteroatoms. The number of nitrogens with one attached hydrogen (secondary N) is 1. The first-order valence-electron chi connectivity index (χ1n) is 6.76. The zero-order valence-electron chi connectivity index (χ0n) is 12.7. The highest BCUT2D eigenvalue weighted by atomic mass is 19.1. The van der Waals surface area contributed by atoms with E-state index in [1.54, 1.807) is 0 Å². The molecule has 0 spiro atoms. The second-order valence-corrected chi connectivity index (χ2v) is 5.21. The zero-order chi connectivity index (χ0) is 16.0. The van der Waals surface area contributed by atoms with E-state index < -0.39 is 5.82 Å². The molecule has 0 aromatic heterocycles. The SMILES string of the molecule is C/C(=N\O)c1cc(F)ccc1OCC(=O)NC(C)C(C)C. The van der Waals surface area contributed by atoms with Gasteiger partial charge in [-0.15, -0.1) is 0 Å². The van der Waals surface area contributed by atoms with Gasteiger partial charge in [-0.25, -0.2) is 4.39 Å². The van der Waals surface area contributed by atoms with E-state index in [4.69, 9.17) is 9.94 Å². The van der Waals surface area contributed by atoms with Crippen molar-refractivity contribution < 1.29 is 19.1 Å². The first kappa shape index (κ1) is 16.9. The molecule has 1 amide bonds. The Labute approximate surface area is 123 Å². The summed E-state index contributed by atoms with van der Waals surface area (Å²) in [5.41, 5.74) is 0.516. The van der Waals surface area contributed by atoms with Gasteiger partial charge in [0, 0.05) is 11.6 Å². The molecule has 21 heavy (non-hydrogen) atoms. The molecule has 1 atom stereocenters. The van der Waals surface area contributed by atoms with Crippen LogP contribution in [0.1, 0.15) is 33.3 Å². The molecule has 0 aliphatic heterocycles. The van der Waals surface area contributed by atoms with Crippen LogP contribution in [0.3, 0.4) is 0 Å². The fraction of sp³-hybridized carbons (Fsp3) is 0.467. The summed E-state index contributed by atoms with van der Waals surface area (Å²) >= 11 is 0. The van der Waals surface area contributed by atoms with Crippen LogP contribution in [0.2, 0.25) is 0 Å². The normalized spacial score (nSPS) is 13.1. The van der Waals surface area contributed by atoms with E-state index in [2.05, 4.69) is 10.5 Å². The molecular weight excluding hydrogens is 275 g/mol. The van der Waals surface area contributed by atoms with Gasteiger partial charge in [0.25, 0.3) is 5.91 Å². The Bertz CT molecular complexity index is 530. The van der Waals surface area contributed by atoms with Crippen LogP contribution in [0.5, 0.6) is 5.75 Å². The van der Waals surface area contributed by atoms with Crippen molar-refractivity contribution in [2.45, 2.75) is 33.7 Å². The third-order valence-electron chi connectivity index (χ3n) is 3.23. The highest BCUT2D eigenvalue weighted by molar-refractivity contribution is 6.00. The molecule has 0 radical (unpaired) electrons. The smallest absolute Gasteiger partial charge is 0.258 e. The Hall–Kier alpha value is -2.11. The number of carbonyl (C=O) groups is 1. The highest BCUT2D eigenvalue weighted by Gasteiger charge is 2.13. The van der Waals surface area contributed by atoms with Crippen LogP contribution in [0.25, 0.3) is 0 Å². The number of benzene rings is 1. The fourth-order valence-electron chi connectivity index (χ4n) is 1.57. The standard InChI is InChI=1S/C15H21FN2O3/c1-9(2)10(3)17-15(19)8-21-14-6-5-12(16)7-13(14)11(4)18-20/h5-7,9-10,20H,8H2,1-4H3,(H,17,19)/b18-11+. The molecule has 5 nitrogen and oxygen atoms in total. The molecule has 0 heterocycles. The van der Waals surface area contributed by atoms with Gasteiger partial charge in [-0.2, -0.15) is 0 Å². The van der Waals surface area contributed by atoms with Crippen LogP contribution in [0.15, 0.2) is 23.4 Å². The predicted octanol–water partition coefficient (Wildman–Crippen LogP) is 2.56. The number of carbonyl (C=O) groups excluding carboxylic acids is 1. The summed E-state index contributed by atoms with van der Waals surface area (Å²) in [5.74, 6) is -0.124. The molecule has 0 aliphatic rings. The van der Waals surface area contributed by atoms with Crippen molar-refractivity contribution >= 4 is 11.6 Å². The van der Waals surface area contributed by atoms with Crippen molar-refractivity contribution in [3.05, 3.63) is 29.6 Å². The number of amides is 1. The number of ether oxygens (including phenoxy) is 1. The maximum absolute atomic E-state index is 13.2. The summed E-state index contributed by atoms with van der Waals surface area (Å²) in [4.78, 5) is 11.8. The third-order valence-corrected chi connectivity index (χ3v) is 3.23. The Balaban J connectivity index is 2.74. The van der Waals surface area contributed by atoms with E-state index in [-0.39, 0.29) is 24.3 Å². The molecule has 0 saturated carbocycles. The van der Waals surface area contributed by atoms with Gasteiger partial charge >= 0.3 is 0 Å². The number of halogens is 1. The van der Waals surface area contributed by atoms with Crippen LogP contribution in [-0.2, 0) is 4.79 Å². The quantitative estimate of drug-likeness (QED) is 0.481. The van der Waals surface area contributed by atoms with Gasteiger partial charge in [-0.05, 0) is 38.0 Å². The molecule has 1 aromatic carbocycles. The van der Waals surface area contributed by atoms with Crippen LogP contribution in [-0.4, -0.2) is 29.5 Å². The van der Waals surface area contributed by atoms with Crippen LogP contribution in [0.4, 0.5) is 4.39 Å². The van der Waals surface area contributed by atoms with Gasteiger partial charge in [0.2, 0.25) is 0 Å². The van der Waals surface area contributed by atoms with Crippen LogP contribution in [0, 0.1) is 11.7 Å². The maximum atomic E-state index is 13.2. The number of hydrogen-bond acceptors (Lipinski definition) is 4. The molecule has 116 valence electrons. The predicted molar refractivity (Wildman–Crippen MR) is 78.3 cm³/mol. The lowest BCUT2D eigenvalue weighted by molar-refractivity contribution is -0.124. The lowest BCUT2D eigenvalue weighted by Crippen LogP contribution is -2.39. The highest BCUT2D eigenvalue weighted by Crippen LogP contribution is 2.20. The minimum Gasteiger partial charge on any atom is -0.483 e. The monoisotopic (exact) mass is 296 g/mol. The topological polar surface area (TPSA) is 70.9 Å². The van der Waals surface area contributed by atoms with Gasteiger partial charge in [-0.3, -0.25) is 4.79 Å². The summed E-state index contributed by atoms with van der Waals surface area (Å²) in [7, 11) is 0. The largest absolute Gasteiger partial charge is 0.483 e. The molecule has 2 N–H and O–H groups in total. The number of rotatable bonds is 6. The van der Waals surface area contributed by atoms with E-state index in [1.807, 2.05) is 20.8 Å². The van der Waals surface area contributed by atoms with E-state index in [0.717, 1.165) is 0 Å². The van der Waals surface area contributed by atoms with Gasteiger partial charge in [0.15, 0.2) is 6.61 Å². The molecular formula is C15H21FN2O3. The zero-order valence-corrected chi connectivity index (χ0v) is 12.7. The van der Waals surface area contributed by atoms with E-state index in [0.29, 0.717) is 17.2 Å². The van der Waals surface area contributed by atoms with Gasteiger partial charge in [-0.1, -0.05) is 19.0 Å². The van der Waals surface area contributed by atoms with E-state index >= 15 is 0 Å². The van der Waals surface area contributed by atoms with Crippen LogP contribution >= 0.6 is 0 Å². The maximum Gasteiger partial charge on any atom is 0.258 e. The Morgan fingerprint density at radius 2 is 2.10 bits per heavy atom. The van der Waals surface area contributed by atoms with Gasteiger partial charge < -0.3 is 15.3 Å². The molecule has 0 bridgehead atoms. The summed E-state index contributed by atoms with van der Waals surface area (Å²) in [6.07, 6.45) is 0. The van der Waals surface area contributed by atoms with Crippen molar-refractivity contribution in [1.82, 2.24) is 5.32 Å². The van der Waals surface area contributed by atoms with Crippen molar-refractivity contribution in [2.75, 3.05) is 6.61 Å². The lowest BCUT2D eigenvalue weighted by Gasteiger charge is -2.18. The fourth-order valence-corrected chi connectivity index (χ4v) is 1.57. The average molecular weight is 296 g/mol. The second-order valence-electron chi connectivity index (χ2n) is 5.21. The second kappa shape index (κ2) is 7.61. The van der Waals surface area contributed by atoms with Gasteiger partial charge in [0.1, 0.15) is 11.6 Å². The number of nitrogens with zero attached hydrogens (tertiary/aromatic N) is 1. The summed E-state index contributed by atoms with van der Waals surface area (Å²) in [5, 5.41) is 14.6. The average Bonchev–Trinajstić information content (AvgIpc) is 2.44. The Morgan fingerprint density at radius 1 is 1.43 bits per heavy atom. The molecule has 1 aromatic rings. The van der Waals surface area contributed by atoms with Crippen molar-refractivity contribution in [2.24, 2.45) is 11.1 Å². The minimum atomic E-state index is -0.474. The number of hydrogen-bond donors (Lipinski definition) is 2. The van der Waals surface area contributed by atoms with E-state index in [1.165, 1.54) is 25.1 Å². The van der Waals surface area contributed by atoms with Crippen molar-refractivity contribution in [3.8, 4) is 5.75 Å².